The summed E-state index contributed by atoms with van der Waals surface area (Å²) in [7, 11) is 0. The highest BCUT2D eigenvalue weighted by molar-refractivity contribution is 6.21. The number of nitrogens with one attached hydrogen (secondary N) is 2. The molecule has 4 amide bonds. The zero-order valence-electron chi connectivity index (χ0n) is 27.6. The summed E-state index contributed by atoms with van der Waals surface area (Å²) < 4.78 is 0. The lowest BCUT2D eigenvalue weighted by molar-refractivity contribution is 0.0651. The van der Waals surface area contributed by atoms with Gasteiger partial charge in [-0.25, -0.2) is 4.98 Å². The summed E-state index contributed by atoms with van der Waals surface area (Å²) in [5.41, 5.74) is 7.73. The molecular weight excluding hydrogens is 638 g/mol. The lowest BCUT2D eigenvalue weighted by Crippen LogP contribution is -2.32. The van der Waals surface area contributed by atoms with Gasteiger partial charge in [-0.05, 0) is 66.1 Å². The van der Waals surface area contributed by atoms with Gasteiger partial charge >= 0.3 is 0 Å². The van der Waals surface area contributed by atoms with Crippen molar-refractivity contribution >= 4 is 35.0 Å². The Morgan fingerprint density at radius 2 is 1.33 bits per heavy atom. The first-order valence-electron chi connectivity index (χ1n) is 17.0. The van der Waals surface area contributed by atoms with Gasteiger partial charge in [-0.15, -0.1) is 0 Å². The molecule has 2 aliphatic heterocycles. The molecule has 0 radical (unpaired) electrons. The Bertz CT molecular complexity index is 2280. The molecule has 0 fully saturated rings. The number of para-hydroxylation sites is 1. The van der Waals surface area contributed by atoms with Crippen LogP contribution in [0.3, 0.4) is 0 Å². The fourth-order valence-corrected chi connectivity index (χ4v) is 6.90. The number of aromatic nitrogens is 2. The molecule has 0 atom stereocenters. The van der Waals surface area contributed by atoms with Crippen LogP contribution in [0.2, 0.25) is 0 Å². The number of carbonyl (C=O) groups excluding carboxylic acids is 4. The van der Waals surface area contributed by atoms with Crippen molar-refractivity contribution in [3.8, 4) is 22.4 Å². The van der Waals surface area contributed by atoms with Crippen LogP contribution in [0.5, 0.6) is 0 Å². The normalized spacial score (nSPS) is 13.3. The molecule has 2 N–H and O–H groups in total. The van der Waals surface area contributed by atoms with E-state index in [-0.39, 0.29) is 23.6 Å². The van der Waals surface area contributed by atoms with E-state index >= 15 is 0 Å². The molecule has 1 aromatic heterocycles. The van der Waals surface area contributed by atoms with Crippen LogP contribution in [0.1, 0.15) is 59.4 Å². The second-order valence-corrected chi connectivity index (χ2v) is 12.6. The maximum Gasteiger partial charge on any atom is 0.261 e. The number of rotatable bonds is 8. The van der Waals surface area contributed by atoms with Gasteiger partial charge in [0.25, 0.3) is 23.6 Å². The van der Waals surface area contributed by atoms with Gasteiger partial charge in [-0.3, -0.25) is 24.1 Å². The van der Waals surface area contributed by atoms with Crippen LogP contribution in [0.25, 0.3) is 22.4 Å². The number of benzene rings is 5. The largest absolute Gasteiger partial charge is 0.342 e. The Balaban J connectivity index is 0.950. The summed E-state index contributed by atoms with van der Waals surface area (Å²) in [5.74, 6) is -0.120. The molecule has 3 heterocycles. The number of fused-ring (bicyclic) bond motifs is 4. The first kappa shape index (κ1) is 31.6. The molecule has 0 bridgehead atoms. The number of amides is 4. The molecule has 0 spiro atoms. The molecule has 5 aromatic carbocycles. The molecule has 9 nitrogen and oxygen atoms in total. The monoisotopic (exact) mass is 671 g/mol. The van der Waals surface area contributed by atoms with E-state index in [1.54, 1.807) is 59.5 Å². The number of nitrogens with zero attached hydrogens (tertiary/aromatic N) is 3. The first-order valence-corrected chi connectivity index (χ1v) is 17.0. The highest BCUT2D eigenvalue weighted by Crippen LogP contribution is 2.36. The van der Waals surface area contributed by atoms with E-state index in [2.05, 4.69) is 10.3 Å². The van der Waals surface area contributed by atoms with Gasteiger partial charge in [0.2, 0.25) is 0 Å². The van der Waals surface area contributed by atoms with Crippen molar-refractivity contribution in [1.29, 1.82) is 0 Å². The molecule has 9 heteroatoms. The number of aryl methyl sites for hydroxylation is 1. The van der Waals surface area contributed by atoms with Crippen LogP contribution in [0.4, 0.5) is 11.4 Å². The number of anilines is 2. The smallest absolute Gasteiger partial charge is 0.261 e. The lowest BCUT2D eigenvalue weighted by Gasteiger charge is -2.23. The predicted molar refractivity (Wildman–Crippen MR) is 196 cm³/mol. The minimum Gasteiger partial charge on any atom is -0.342 e. The van der Waals surface area contributed by atoms with Crippen molar-refractivity contribution in [2.45, 2.75) is 19.3 Å². The average molecular weight is 672 g/mol. The van der Waals surface area contributed by atoms with Gasteiger partial charge in [0.05, 0.1) is 28.2 Å². The summed E-state index contributed by atoms with van der Waals surface area (Å²) in [6.07, 6.45) is 1.67. The number of imide groups is 1. The lowest BCUT2D eigenvalue weighted by atomic mass is 9.99. The summed E-state index contributed by atoms with van der Waals surface area (Å²) >= 11 is 0. The fourth-order valence-electron chi connectivity index (χ4n) is 6.90. The number of imidazole rings is 1. The Labute approximate surface area is 294 Å². The third-order valence-electron chi connectivity index (χ3n) is 9.43. The van der Waals surface area contributed by atoms with Crippen LogP contribution in [0, 0.1) is 0 Å². The van der Waals surface area contributed by atoms with E-state index < -0.39 is 0 Å². The topological polar surface area (TPSA) is 115 Å². The summed E-state index contributed by atoms with van der Waals surface area (Å²) in [5, 5.41) is 2.98. The Kier molecular flexibility index (Phi) is 8.29. The van der Waals surface area contributed by atoms with Crippen LogP contribution in [0.15, 0.2) is 127 Å². The molecule has 2 aliphatic rings. The standard InChI is InChI=1S/C42H33N5O4/c48-39(31-14-5-4-13-30(31)27-11-2-1-3-12-27)43-29-22-20-28(21-23-29)40(49)46-26-24-35-38(34-17-8-9-18-36(34)46)45-37(44-35)19-10-25-47-41(50)32-15-6-7-16-33(32)42(47)51/h1-9,11-18,20-23H,10,19,24-26H2,(H,43,48)(H,44,45). The van der Waals surface area contributed by atoms with Crippen LogP contribution < -0.4 is 10.2 Å². The molecule has 51 heavy (non-hydrogen) atoms. The number of aromatic amines is 1. The van der Waals surface area contributed by atoms with Gasteiger partial charge in [0.1, 0.15) is 5.82 Å². The zero-order chi connectivity index (χ0) is 34.9. The Morgan fingerprint density at radius 3 is 2.06 bits per heavy atom. The first-order chi connectivity index (χ1) is 25.0. The minimum atomic E-state index is -0.256. The second-order valence-electron chi connectivity index (χ2n) is 12.6. The zero-order valence-corrected chi connectivity index (χ0v) is 27.6. The van der Waals surface area contributed by atoms with Gasteiger partial charge in [-0.2, -0.15) is 0 Å². The molecule has 8 rings (SSSR count). The van der Waals surface area contributed by atoms with Crippen molar-refractivity contribution in [3.05, 3.63) is 161 Å². The SMILES string of the molecule is O=C(Nc1ccc(C(=O)N2CCc3nc(CCCN4C(=O)c5ccccc5C4=O)[nH]c3-c3ccccc32)cc1)c1ccccc1-c1ccccc1. The number of hydrogen-bond acceptors (Lipinski definition) is 5. The van der Waals surface area contributed by atoms with Crippen molar-refractivity contribution in [2.75, 3.05) is 23.3 Å². The third kappa shape index (κ3) is 5.99. The van der Waals surface area contributed by atoms with Gasteiger partial charge in [0.15, 0.2) is 0 Å². The van der Waals surface area contributed by atoms with E-state index in [9.17, 15) is 19.2 Å². The highest BCUT2D eigenvalue weighted by Gasteiger charge is 2.34. The fraction of sp³-hybridized carbons (Fsp3) is 0.119. The molecular formula is C42H33N5O4. The van der Waals surface area contributed by atoms with Crippen LogP contribution in [-0.2, 0) is 12.8 Å². The van der Waals surface area contributed by atoms with E-state index in [1.165, 1.54) is 4.90 Å². The maximum absolute atomic E-state index is 14.0. The van der Waals surface area contributed by atoms with E-state index in [0.29, 0.717) is 60.3 Å². The van der Waals surface area contributed by atoms with Crippen molar-refractivity contribution in [1.82, 2.24) is 14.9 Å². The quantitative estimate of drug-likeness (QED) is 0.163. The molecule has 6 aromatic rings. The highest BCUT2D eigenvalue weighted by atomic mass is 16.2. The molecule has 0 unspecified atom stereocenters. The number of hydrogen-bond donors (Lipinski definition) is 2. The minimum absolute atomic E-state index is 0.152. The number of carbonyl (C=O) groups is 4. The van der Waals surface area contributed by atoms with Crippen molar-refractivity contribution < 1.29 is 19.2 Å². The van der Waals surface area contributed by atoms with E-state index in [0.717, 1.165) is 39.6 Å². The molecule has 250 valence electrons. The predicted octanol–water partition coefficient (Wildman–Crippen LogP) is 7.43. The summed E-state index contributed by atoms with van der Waals surface area (Å²) in [6.45, 7) is 0.733. The van der Waals surface area contributed by atoms with Crippen LogP contribution in [-0.4, -0.2) is 51.6 Å². The summed E-state index contributed by atoms with van der Waals surface area (Å²) in [4.78, 5) is 64.3. The van der Waals surface area contributed by atoms with E-state index in [1.807, 2.05) is 72.8 Å². The van der Waals surface area contributed by atoms with Crippen molar-refractivity contribution in [3.63, 3.8) is 0 Å². The Morgan fingerprint density at radius 1 is 0.706 bits per heavy atom. The molecule has 0 saturated carbocycles. The Hall–Kier alpha value is -6.61. The van der Waals surface area contributed by atoms with Gasteiger partial charge in [0, 0.05) is 48.3 Å². The van der Waals surface area contributed by atoms with Crippen molar-refractivity contribution in [2.24, 2.45) is 0 Å². The maximum atomic E-state index is 14.0. The van der Waals surface area contributed by atoms with Gasteiger partial charge in [-0.1, -0.05) is 78.9 Å². The van der Waals surface area contributed by atoms with E-state index in [4.69, 9.17) is 4.98 Å². The summed E-state index contributed by atoms with van der Waals surface area (Å²) in [6, 6.07) is 38.9. The van der Waals surface area contributed by atoms with Gasteiger partial charge < -0.3 is 15.2 Å². The molecule has 0 aliphatic carbocycles. The second kappa shape index (κ2) is 13.4. The molecule has 0 saturated heterocycles. The third-order valence-corrected chi connectivity index (χ3v) is 9.43. The van der Waals surface area contributed by atoms with Crippen LogP contribution >= 0.6 is 0 Å². The average Bonchev–Trinajstić information content (AvgIpc) is 3.64. The number of H-pyrrole nitrogens is 1.